The van der Waals surface area contributed by atoms with E-state index >= 15 is 0 Å². The maximum Gasteiger partial charge on any atom is 0.254 e. The lowest BCUT2D eigenvalue weighted by molar-refractivity contribution is -0.115. The maximum atomic E-state index is 13.0. The molecule has 0 bridgehead atoms. The molecule has 1 atom stereocenters. The van der Waals surface area contributed by atoms with Crippen molar-refractivity contribution in [3.63, 3.8) is 0 Å². The normalized spacial score (nSPS) is 20.3. The van der Waals surface area contributed by atoms with Crippen molar-refractivity contribution in [1.82, 2.24) is 10.2 Å². The predicted octanol–water partition coefficient (Wildman–Crippen LogP) is 1.68. The molecule has 2 heterocycles. The summed E-state index contributed by atoms with van der Waals surface area (Å²) in [5, 5.41) is 6.25. The monoisotopic (exact) mass is 330 g/mol. The lowest BCUT2D eigenvalue weighted by Gasteiger charge is -2.29. The van der Waals surface area contributed by atoms with Gasteiger partial charge in [-0.15, -0.1) is 0 Å². The van der Waals surface area contributed by atoms with Crippen LogP contribution in [-0.2, 0) is 4.79 Å². The van der Waals surface area contributed by atoms with Crippen molar-refractivity contribution >= 4 is 23.2 Å². The first-order valence-corrected chi connectivity index (χ1v) is 8.77. The van der Waals surface area contributed by atoms with Gasteiger partial charge in [0.25, 0.3) is 5.91 Å². The average Bonchev–Trinajstić information content (AvgIpc) is 3.06. The molecule has 0 aromatic heterocycles. The van der Waals surface area contributed by atoms with Crippen molar-refractivity contribution in [2.24, 2.45) is 0 Å². The first kappa shape index (κ1) is 16.8. The molecule has 130 valence electrons. The Morgan fingerprint density at radius 2 is 2.25 bits per heavy atom. The van der Waals surface area contributed by atoms with E-state index in [2.05, 4.69) is 17.6 Å². The van der Waals surface area contributed by atoms with Crippen LogP contribution in [0.1, 0.15) is 36.5 Å². The molecule has 1 saturated heterocycles. The minimum atomic E-state index is -0.00407. The van der Waals surface area contributed by atoms with Crippen LogP contribution in [0.4, 0.5) is 11.4 Å². The molecule has 1 fully saturated rings. The number of hydrogen-bond acceptors (Lipinski definition) is 4. The molecule has 0 radical (unpaired) electrons. The third-order valence-corrected chi connectivity index (χ3v) is 4.80. The summed E-state index contributed by atoms with van der Waals surface area (Å²) in [5.41, 5.74) is 2.33. The fraction of sp³-hybridized carbons (Fsp3) is 0.556. The molecule has 2 aliphatic heterocycles. The van der Waals surface area contributed by atoms with Crippen LogP contribution in [0.3, 0.4) is 0 Å². The highest BCUT2D eigenvalue weighted by Gasteiger charge is 2.27. The highest BCUT2D eigenvalue weighted by atomic mass is 16.2. The largest absolute Gasteiger partial charge is 0.372 e. The topological polar surface area (TPSA) is 64.7 Å². The summed E-state index contributed by atoms with van der Waals surface area (Å²) in [6, 6.07) is 5.89. The van der Waals surface area contributed by atoms with Crippen LogP contribution in [-0.4, -0.2) is 56.0 Å². The Morgan fingerprint density at radius 3 is 2.96 bits per heavy atom. The fourth-order valence-corrected chi connectivity index (χ4v) is 3.47. The van der Waals surface area contributed by atoms with E-state index in [4.69, 9.17) is 0 Å². The Labute approximate surface area is 143 Å². The first-order chi connectivity index (χ1) is 11.6. The zero-order valence-electron chi connectivity index (χ0n) is 14.5. The number of rotatable bonds is 4. The summed E-state index contributed by atoms with van der Waals surface area (Å²) in [7, 11) is 1.97. The zero-order valence-corrected chi connectivity index (χ0v) is 14.5. The van der Waals surface area contributed by atoms with Crippen molar-refractivity contribution < 1.29 is 9.59 Å². The molecule has 1 unspecified atom stereocenters. The second kappa shape index (κ2) is 7.21. The number of anilines is 2. The molecule has 1 aromatic carbocycles. The summed E-state index contributed by atoms with van der Waals surface area (Å²) < 4.78 is 0. The number of benzene rings is 1. The van der Waals surface area contributed by atoms with Gasteiger partial charge < -0.3 is 20.4 Å². The Kier molecular flexibility index (Phi) is 5.04. The minimum absolute atomic E-state index is 0.00407. The number of nitrogens with one attached hydrogen (secondary N) is 2. The van der Waals surface area contributed by atoms with Crippen LogP contribution in [0.2, 0.25) is 0 Å². The van der Waals surface area contributed by atoms with E-state index in [1.54, 1.807) is 0 Å². The average molecular weight is 330 g/mol. The van der Waals surface area contributed by atoms with E-state index in [1.165, 1.54) is 0 Å². The minimum Gasteiger partial charge on any atom is -0.372 e. The quantitative estimate of drug-likeness (QED) is 0.882. The Bertz CT molecular complexity index is 625. The molecule has 0 saturated carbocycles. The number of amides is 2. The number of carbonyl (C=O) groups is 2. The standard InChI is InChI=1S/C18H26N4O2/c1-3-9-22(14-6-8-19-12-14)18(24)13-4-5-16-15(11-13)20-17(23)7-10-21(16)2/h4-5,11,14,19H,3,6-10,12H2,1-2H3,(H,20,23). The van der Waals surface area contributed by atoms with E-state index in [-0.39, 0.29) is 17.9 Å². The molecule has 2 aliphatic rings. The van der Waals surface area contributed by atoms with Gasteiger partial charge in [-0.2, -0.15) is 0 Å². The number of nitrogens with zero attached hydrogens (tertiary/aromatic N) is 2. The third-order valence-electron chi connectivity index (χ3n) is 4.80. The number of fused-ring (bicyclic) bond motifs is 1. The van der Waals surface area contributed by atoms with Crippen molar-refractivity contribution in [3.05, 3.63) is 23.8 Å². The lowest BCUT2D eigenvalue weighted by atomic mass is 10.1. The van der Waals surface area contributed by atoms with Gasteiger partial charge in [-0.1, -0.05) is 6.92 Å². The van der Waals surface area contributed by atoms with Gasteiger partial charge >= 0.3 is 0 Å². The molecule has 24 heavy (non-hydrogen) atoms. The van der Waals surface area contributed by atoms with E-state index in [9.17, 15) is 9.59 Å². The van der Waals surface area contributed by atoms with Gasteiger partial charge in [0.1, 0.15) is 0 Å². The van der Waals surface area contributed by atoms with Crippen LogP contribution < -0.4 is 15.5 Å². The molecule has 1 aromatic rings. The van der Waals surface area contributed by atoms with Crippen LogP contribution in [0.15, 0.2) is 18.2 Å². The molecular formula is C18H26N4O2. The molecule has 3 rings (SSSR count). The summed E-state index contributed by atoms with van der Waals surface area (Å²) in [4.78, 5) is 28.9. The van der Waals surface area contributed by atoms with E-state index in [1.807, 2.05) is 35.0 Å². The maximum absolute atomic E-state index is 13.0. The molecule has 0 aliphatic carbocycles. The summed E-state index contributed by atoms with van der Waals surface area (Å²) in [5.74, 6) is 0.0464. The van der Waals surface area contributed by atoms with Gasteiger partial charge in [0, 0.05) is 44.7 Å². The molecule has 0 spiro atoms. The molecule has 6 heteroatoms. The van der Waals surface area contributed by atoms with E-state index in [0.717, 1.165) is 43.9 Å². The van der Waals surface area contributed by atoms with Crippen LogP contribution in [0, 0.1) is 0 Å². The highest BCUT2D eigenvalue weighted by Crippen LogP contribution is 2.29. The summed E-state index contributed by atoms with van der Waals surface area (Å²) >= 11 is 0. The highest BCUT2D eigenvalue weighted by molar-refractivity contribution is 6.01. The van der Waals surface area contributed by atoms with Gasteiger partial charge in [-0.05, 0) is 37.6 Å². The molecular weight excluding hydrogens is 304 g/mol. The van der Waals surface area contributed by atoms with Gasteiger partial charge in [0.2, 0.25) is 5.91 Å². The van der Waals surface area contributed by atoms with Gasteiger partial charge in [-0.3, -0.25) is 9.59 Å². The Morgan fingerprint density at radius 1 is 1.42 bits per heavy atom. The van der Waals surface area contributed by atoms with E-state index in [0.29, 0.717) is 18.5 Å². The number of carbonyl (C=O) groups excluding carboxylic acids is 2. The van der Waals surface area contributed by atoms with Crippen LogP contribution >= 0.6 is 0 Å². The van der Waals surface area contributed by atoms with Gasteiger partial charge in [0.05, 0.1) is 11.4 Å². The lowest BCUT2D eigenvalue weighted by Crippen LogP contribution is -2.42. The zero-order chi connectivity index (χ0) is 17.1. The fourth-order valence-electron chi connectivity index (χ4n) is 3.47. The Hall–Kier alpha value is -2.08. The van der Waals surface area contributed by atoms with E-state index < -0.39 is 0 Å². The molecule has 2 N–H and O–H groups in total. The Balaban J connectivity index is 1.87. The van der Waals surface area contributed by atoms with Crippen molar-refractivity contribution in [2.45, 2.75) is 32.2 Å². The predicted molar refractivity (Wildman–Crippen MR) is 95.6 cm³/mol. The van der Waals surface area contributed by atoms with Crippen molar-refractivity contribution in [1.29, 1.82) is 0 Å². The summed E-state index contributed by atoms with van der Waals surface area (Å²) in [6.07, 6.45) is 2.40. The second-order valence-corrected chi connectivity index (χ2v) is 6.60. The van der Waals surface area contributed by atoms with Gasteiger partial charge in [0.15, 0.2) is 0 Å². The van der Waals surface area contributed by atoms with Crippen molar-refractivity contribution in [3.8, 4) is 0 Å². The second-order valence-electron chi connectivity index (χ2n) is 6.60. The smallest absolute Gasteiger partial charge is 0.254 e. The SMILES string of the molecule is CCCN(C(=O)c1ccc2c(c1)NC(=O)CCN2C)C1CCNC1. The van der Waals surface area contributed by atoms with Crippen molar-refractivity contribution in [2.75, 3.05) is 43.4 Å². The van der Waals surface area contributed by atoms with Crippen LogP contribution in [0.25, 0.3) is 0 Å². The third kappa shape index (κ3) is 3.38. The first-order valence-electron chi connectivity index (χ1n) is 8.77. The molecule has 2 amide bonds. The van der Waals surface area contributed by atoms with Gasteiger partial charge in [-0.25, -0.2) is 0 Å². The number of hydrogen-bond donors (Lipinski definition) is 2. The van der Waals surface area contributed by atoms with Crippen LogP contribution in [0.5, 0.6) is 0 Å². The summed E-state index contributed by atoms with van der Waals surface area (Å²) in [6.45, 7) is 5.35. The molecule has 6 nitrogen and oxygen atoms in total.